The van der Waals surface area contributed by atoms with Crippen LogP contribution < -0.4 is 20.9 Å². The van der Waals surface area contributed by atoms with Crippen LogP contribution in [0.25, 0.3) is 10.8 Å². The Bertz CT molecular complexity index is 1370. The van der Waals surface area contributed by atoms with E-state index in [1.807, 2.05) is 78.9 Å². The van der Waals surface area contributed by atoms with Crippen LogP contribution in [0.2, 0.25) is 0 Å². The lowest BCUT2D eigenvalue weighted by atomic mass is 10.1. The molecule has 0 fully saturated rings. The summed E-state index contributed by atoms with van der Waals surface area (Å²) in [6, 6.07) is 23.9. The van der Waals surface area contributed by atoms with Crippen molar-refractivity contribution in [2.45, 2.75) is 45.4 Å². The molecule has 0 saturated heterocycles. The van der Waals surface area contributed by atoms with Gasteiger partial charge in [0, 0.05) is 17.2 Å². The summed E-state index contributed by atoms with van der Waals surface area (Å²) >= 11 is 0. The van der Waals surface area contributed by atoms with Gasteiger partial charge in [-0.3, -0.25) is 15.6 Å². The van der Waals surface area contributed by atoms with Crippen LogP contribution in [-0.2, 0) is 22.6 Å². The van der Waals surface area contributed by atoms with Crippen LogP contribution in [0.15, 0.2) is 85.1 Å². The molecule has 0 aliphatic carbocycles. The highest BCUT2D eigenvalue weighted by Crippen LogP contribution is 2.19. The number of hydrogen-bond acceptors (Lipinski definition) is 7. The molecule has 2 amide bonds. The zero-order chi connectivity index (χ0) is 27.0. The molecule has 4 rings (SSSR count). The largest absolute Gasteiger partial charge is 0.489 e. The van der Waals surface area contributed by atoms with Crippen LogP contribution in [0.1, 0.15) is 31.9 Å². The molecule has 0 bridgehead atoms. The first-order chi connectivity index (χ1) is 18.3. The van der Waals surface area contributed by atoms with Crippen LogP contribution in [0.3, 0.4) is 0 Å². The second-order valence-corrected chi connectivity index (χ2v) is 9.72. The van der Waals surface area contributed by atoms with Gasteiger partial charge in [-0.05, 0) is 44.0 Å². The molecule has 9 heteroatoms. The Kier molecular flexibility index (Phi) is 8.37. The summed E-state index contributed by atoms with van der Waals surface area (Å²) in [5.74, 6) is 0.636. The summed E-state index contributed by atoms with van der Waals surface area (Å²) in [4.78, 5) is 25.7. The Morgan fingerprint density at radius 2 is 1.61 bits per heavy atom. The number of anilines is 1. The number of carbonyl (C=O) groups is 2. The van der Waals surface area contributed by atoms with E-state index in [0.717, 1.165) is 21.9 Å². The maximum absolute atomic E-state index is 13.2. The topological polar surface area (TPSA) is 114 Å². The smallest absolute Gasteiger partial charge is 0.408 e. The van der Waals surface area contributed by atoms with Gasteiger partial charge < -0.3 is 14.8 Å². The number of fused-ring (bicyclic) bond motifs is 1. The van der Waals surface area contributed by atoms with E-state index in [0.29, 0.717) is 18.2 Å². The number of benzene rings is 3. The molecule has 1 aromatic heterocycles. The van der Waals surface area contributed by atoms with Gasteiger partial charge in [0.05, 0.1) is 6.20 Å². The van der Waals surface area contributed by atoms with Gasteiger partial charge in [-0.25, -0.2) is 4.79 Å². The third-order valence-electron chi connectivity index (χ3n) is 5.49. The second-order valence-electron chi connectivity index (χ2n) is 9.72. The molecule has 1 atom stereocenters. The van der Waals surface area contributed by atoms with E-state index in [1.54, 1.807) is 27.0 Å². The first-order valence-corrected chi connectivity index (χ1v) is 12.3. The SMILES string of the molecule is CC(C)(C)OC(=O)N[C@@H](Cc1ccc(OCc2ccccc2)cc1)C(=O)NNc1nncc2ccccc12. The van der Waals surface area contributed by atoms with Crippen LogP contribution >= 0.6 is 0 Å². The minimum absolute atomic E-state index is 0.229. The number of hydrazine groups is 1. The van der Waals surface area contributed by atoms with Gasteiger partial charge in [0.15, 0.2) is 5.82 Å². The number of hydrogen-bond donors (Lipinski definition) is 3. The predicted molar refractivity (Wildman–Crippen MR) is 145 cm³/mol. The summed E-state index contributed by atoms with van der Waals surface area (Å²) in [6.07, 6.45) is 1.18. The maximum atomic E-state index is 13.2. The number of alkyl carbamates (subject to hydrolysis) is 1. The van der Waals surface area contributed by atoms with Crippen molar-refractivity contribution in [2.75, 3.05) is 5.43 Å². The molecule has 0 unspecified atom stereocenters. The van der Waals surface area contributed by atoms with E-state index < -0.39 is 23.6 Å². The van der Waals surface area contributed by atoms with Gasteiger partial charge in [0.1, 0.15) is 24.0 Å². The molecule has 0 spiro atoms. The monoisotopic (exact) mass is 513 g/mol. The van der Waals surface area contributed by atoms with Gasteiger partial charge in [-0.15, -0.1) is 5.10 Å². The quantitative estimate of drug-likeness (QED) is 0.276. The average Bonchev–Trinajstić information content (AvgIpc) is 2.90. The standard InChI is InChI=1S/C29H31N5O4/c1-29(2,3)38-28(36)31-25(27(35)34-33-26-24-12-8-7-11-22(24)18-30-32-26)17-20-13-15-23(16-14-20)37-19-21-9-5-4-6-10-21/h4-16,18,25H,17,19H2,1-3H3,(H,31,36)(H,32,33)(H,34,35)/t25-/m0/s1. The number of nitrogens with one attached hydrogen (secondary N) is 3. The van der Waals surface area contributed by atoms with Gasteiger partial charge >= 0.3 is 6.09 Å². The summed E-state index contributed by atoms with van der Waals surface area (Å²) in [7, 11) is 0. The number of carbonyl (C=O) groups excluding carboxylic acids is 2. The normalized spacial score (nSPS) is 11.9. The van der Waals surface area contributed by atoms with E-state index in [9.17, 15) is 9.59 Å². The number of rotatable bonds is 9. The Morgan fingerprint density at radius 3 is 2.34 bits per heavy atom. The van der Waals surface area contributed by atoms with Crippen molar-refractivity contribution in [1.29, 1.82) is 0 Å². The summed E-state index contributed by atoms with van der Waals surface area (Å²) in [6.45, 7) is 5.73. The lowest BCUT2D eigenvalue weighted by Gasteiger charge is -2.23. The molecule has 196 valence electrons. The van der Waals surface area contributed by atoms with Gasteiger partial charge in [0.2, 0.25) is 0 Å². The molecule has 3 aromatic carbocycles. The molecule has 9 nitrogen and oxygen atoms in total. The zero-order valence-electron chi connectivity index (χ0n) is 21.6. The van der Waals surface area contributed by atoms with E-state index in [4.69, 9.17) is 9.47 Å². The molecule has 3 N–H and O–H groups in total. The third-order valence-corrected chi connectivity index (χ3v) is 5.49. The van der Waals surface area contributed by atoms with Crippen molar-refractivity contribution in [3.05, 3.63) is 96.2 Å². The van der Waals surface area contributed by atoms with Crippen LogP contribution in [-0.4, -0.2) is 33.8 Å². The van der Waals surface area contributed by atoms with Crippen molar-refractivity contribution < 1.29 is 19.1 Å². The number of ether oxygens (including phenoxy) is 2. The van der Waals surface area contributed by atoms with Gasteiger partial charge in [-0.2, -0.15) is 5.10 Å². The van der Waals surface area contributed by atoms with Crippen LogP contribution in [0.4, 0.5) is 10.6 Å². The zero-order valence-corrected chi connectivity index (χ0v) is 21.6. The van der Waals surface area contributed by atoms with Gasteiger partial charge in [-0.1, -0.05) is 66.7 Å². The number of aromatic nitrogens is 2. The minimum Gasteiger partial charge on any atom is -0.489 e. The van der Waals surface area contributed by atoms with Crippen LogP contribution in [0.5, 0.6) is 5.75 Å². The Hall–Kier alpha value is -4.66. The summed E-state index contributed by atoms with van der Waals surface area (Å²) in [5, 5.41) is 12.4. The highest BCUT2D eigenvalue weighted by Gasteiger charge is 2.25. The number of amides is 2. The van der Waals surface area contributed by atoms with Crippen molar-refractivity contribution in [1.82, 2.24) is 20.9 Å². The van der Waals surface area contributed by atoms with E-state index >= 15 is 0 Å². The maximum Gasteiger partial charge on any atom is 0.408 e. The number of nitrogens with zero attached hydrogens (tertiary/aromatic N) is 2. The van der Waals surface area contributed by atoms with E-state index in [-0.39, 0.29) is 6.42 Å². The molecule has 38 heavy (non-hydrogen) atoms. The van der Waals surface area contributed by atoms with Crippen molar-refractivity contribution in [3.63, 3.8) is 0 Å². The van der Waals surface area contributed by atoms with Gasteiger partial charge in [0.25, 0.3) is 5.91 Å². The molecule has 1 heterocycles. The predicted octanol–water partition coefficient (Wildman–Crippen LogP) is 4.79. The molecule has 0 saturated carbocycles. The van der Waals surface area contributed by atoms with Crippen LogP contribution in [0, 0.1) is 0 Å². The fraction of sp³-hybridized carbons (Fsp3) is 0.241. The van der Waals surface area contributed by atoms with Crippen molar-refractivity contribution >= 4 is 28.6 Å². The third kappa shape index (κ3) is 7.67. The molecule has 0 aliphatic rings. The van der Waals surface area contributed by atoms with E-state index in [2.05, 4.69) is 26.4 Å². The summed E-state index contributed by atoms with van der Waals surface area (Å²) < 4.78 is 11.2. The molecule has 0 aliphatic heterocycles. The van der Waals surface area contributed by atoms with E-state index in [1.165, 1.54) is 0 Å². The van der Waals surface area contributed by atoms with Crippen molar-refractivity contribution in [2.24, 2.45) is 0 Å². The Balaban J connectivity index is 1.43. The fourth-order valence-corrected chi connectivity index (χ4v) is 3.69. The second kappa shape index (κ2) is 12.1. The fourth-order valence-electron chi connectivity index (χ4n) is 3.69. The molecule has 4 aromatic rings. The minimum atomic E-state index is -0.920. The highest BCUT2D eigenvalue weighted by atomic mass is 16.6. The first-order valence-electron chi connectivity index (χ1n) is 12.3. The van der Waals surface area contributed by atoms with Crippen molar-refractivity contribution in [3.8, 4) is 5.75 Å². The Labute approximate surface area is 221 Å². The summed E-state index contributed by atoms with van der Waals surface area (Å²) in [5.41, 5.74) is 6.67. The molecular formula is C29H31N5O4. The Morgan fingerprint density at radius 1 is 0.895 bits per heavy atom. The average molecular weight is 514 g/mol. The molecular weight excluding hydrogens is 482 g/mol. The lowest BCUT2D eigenvalue weighted by molar-refractivity contribution is -0.122. The first kappa shape index (κ1) is 26.4. The highest BCUT2D eigenvalue weighted by molar-refractivity contribution is 5.92. The lowest BCUT2D eigenvalue weighted by Crippen LogP contribution is -2.50. The molecule has 0 radical (unpaired) electrons.